The zero-order chi connectivity index (χ0) is 17.6. The molecule has 1 aliphatic rings. The van der Waals surface area contributed by atoms with Crippen LogP contribution in [0.15, 0.2) is 15.8 Å². The maximum Gasteiger partial charge on any atom is 0.332 e. The molecule has 0 N–H and O–H groups in total. The number of hydrogen-bond donors (Lipinski definition) is 0. The highest BCUT2D eigenvalue weighted by atomic mass is 19.3. The average Bonchev–Trinajstić information content (AvgIpc) is 2.57. The minimum Gasteiger partial charge on any atom is -0.370 e. The molecule has 1 aliphatic heterocycles. The number of nitrogens with zero attached hydrogens (tertiary/aromatic N) is 4. The number of halogens is 2. The van der Waals surface area contributed by atoms with Gasteiger partial charge in [-0.25, -0.2) is 18.6 Å². The third kappa shape index (κ3) is 2.50. The molecule has 0 aromatic carbocycles. The van der Waals surface area contributed by atoms with Crippen LogP contribution in [0.2, 0.25) is 0 Å². The van der Waals surface area contributed by atoms with Crippen molar-refractivity contribution in [3.8, 4) is 0 Å². The summed E-state index contributed by atoms with van der Waals surface area (Å²) in [6.07, 6.45) is 0.0755. The molecule has 6 nitrogen and oxygen atoms in total. The van der Waals surface area contributed by atoms with Gasteiger partial charge in [0.25, 0.3) is 5.56 Å². The summed E-state index contributed by atoms with van der Waals surface area (Å²) in [7, 11) is 3.00. The Bertz CT molecular complexity index is 896. The predicted molar refractivity (Wildman–Crippen MR) is 87.9 cm³/mol. The summed E-state index contributed by atoms with van der Waals surface area (Å²) in [4.78, 5) is 30.9. The van der Waals surface area contributed by atoms with E-state index in [0.29, 0.717) is 42.7 Å². The van der Waals surface area contributed by atoms with E-state index in [0.717, 1.165) is 10.1 Å². The molecule has 0 bridgehead atoms. The van der Waals surface area contributed by atoms with Crippen LogP contribution in [-0.4, -0.2) is 33.6 Å². The maximum absolute atomic E-state index is 12.9. The van der Waals surface area contributed by atoms with Crippen LogP contribution >= 0.6 is 0 Å². The minimum atomic E-state index is -2.31. The smallest absolute Gasteiger partial charge is 0.332 e. The van der Waals surface area contributed by atoms with Crippen LogP contribution in [-0.2, 0) is 14.1 Å². The van der Waals surface area contributed by atoms with Crippen LogP contribution in [0, 0.1) is 12.8 Å². The Balaban J connectivity index is 2.17. The first-order chi connectivity index (χ1) is 11.3. The zero-order valence-electron chi connectivity index (χ0n) is 13.9. The number of pyridine rings is 1. The van der Waals surface area contributed by atoms with Crippen LogP contribution < -0.4 is 16.1 Å². The van der Waals surface area contributed by atoms with Gasteiger partial charge < -0.3 is 4.90 Å². The molecule has 0 unspecified atom stereocenters. The molecule has 0 spiro atoms. The van der Waals surface area contributed by atoms with Gasteiger partial charge in [0.05, 0.1) is 5.69 Å². The second-order valence-electron chi connectivity index (χ2n) is 6.35. The average molecular weight is 338 g/mol. The Morgan fingerprint density at radius 3 is 2.38 bits per heavy atom. The fraction of sp³-hybridized carbons (Fsp3) is 0.562. The molecule has 2 aromatic rings. The molecular formula is C16H20F2N4O2. The Kier molecular flexibility index (Phi) is 4.15. The molecule has 130 valence electrons. The number of hydrogen-bond acceptors (Lipinski definition) is 4. The maximum atomic E-state index is 12.9. The molecule has 0 radical (unpaired) electrons. The Hall–Kier alpha value is -2.25. The molecule has 0 atom stereocenters. The van der Waals surface area contributed by atoms with Gasteiger partial charge in [-0.1, -0.05) is 0 Å². The van der Waals surface area contributed by atoms with Gasteiger partial charge in [-0.2, -0.15) is 0 Å². The number of anilines is 1. The molecule has 2 aromatic heterocycles. The summed E-state index contributed by atoms with van der Waals surface area (Å²) in [5.41, 5.74) is 0.971. The normalized spacial score (nSPS) is 16.3. The molecule has 8 heteroatoms. The topological polar surface area (TPSA) is 60.1 Å². The number of fused-ring (bicyclic) bond motifs is 1. The van der Waals surface area contributed by atoms with Crippen molar-refractivity contribution in [2.75, 3.05) is 18.0 Å². The van der Waals surface area contributed by atoms with E-state index in [2.05, 4.69) is 4.98 Å². The lowest BCUT2D eigenvalue weighted by molar-refractivity contribution is 0.0636. The fourth-order valence-electron chi connectivity index (χ4n) is 3.39. The molecule has 0 saturated carbocycles. The van der Waals surface area contributed by atoms with Gasteiger partial charge in [0.15, 0.2) is 5.65 Å². The van der Waals surface area contributed by atoms with Gasteiger partial charge in [0, 0.05) is 39.3 Å². The minimum absolute atomic E-state index is 0.319. The van der Waals surface area contributed by atoms with Crippen molar-refractivity contribution < 1.29 is 8.78 Å². The van der Waals surface area contributed by atoms with E-state index in [9.17, 15) is 18.4 Å². The Labute approximate surface area is 137 Å². The first kappa shape index (κ1) is 16.6. The van der Waals surface area contributed by atoms with Gasteiger partial charge in [0.2, 0.25) is 6.43 Å². The molecule has 3 heterocycles. The number of piperidine rings is 1. The number of alkyl halides is 2. The molecule has 3 rings (SSSR count). The Morgan fingerprint density at radius 2 is 1.79 bits per heavy atom. The van der Waals surface area contributed by atoms with Crippen molar-refractivity contribution in [2.24, 2.45) is 20.0 Å². The lowest BCUT2D eigenvalue weighted by Gasteiger charge is -2.34. The lowest BCUT2D eigenvalue weighted by Crippen LogP contribution is -2.40. The van der Waals surface area contributed by atoms with Crippen molar-refractivity contribution >= 4 is 16.7 Å². The second kappa shape index (κ2) is 5.99. The van der Waals surface area contributed by atoms with E-state index >= 15 is 0 Å². The highest BCUT2D eigenvalue weighted by molar-refractivity contribution is 5.90. The summed E-state index contributed by atoms with van der Waals surface area (Å²) in [6.45, 7) is 2.76. The van der Waals surface area contributed by atoms with Crippen LogP contribution in [0.1, 0.15) is 18.4 Å². The summed E-state index contributed by atoms with van der Waals surface area (Å²) < 4.78 is 28.1. The van der Waals surface area contributed by atoms with Crippen molar-refractivity contribution in [2.45, 2.75) is 26.2 Å². The van der Waals surface area contributed by atoms with Crippen molar-refractivity contribution in [1.82, 2.24) is 14.1 Å². The predicted octanol–water partition coefficient (Wildman–Crippen LogP) is 1.42. The molecule has 1 fully saturated rings. The van der Waals surface area contributed by atoms with Crippen LogP contribution in [0.25, 0.3) is 11.0 Å². The molecule has 0 aliphatic carbocycles. The van der Waals surface area contributed by atoms with Gasteiger partial charge in [-0.05, 0) is 25.3 Å². The summed E-state index contributed by atoms with van der Waals surface area (Å²) in [6, 6.07) is 0. The van der Waals surface area contributed by atoms with E-state index in [1.165, 1.54) is 11.6 Å². The van der Waals surface area contributed by atoms with Crippen LogP contribution in [0.3, 0.4) is 0 Å². The van der Waals surface area contributed by atoms with Gasteiger partial charge in [-0.15, -0.1) is 0 Å². The standard InChI is InChI=1S/C16H20F2N4O2/c1-9-8-19-14-11(15(23)21(3)16(24)20(14)2)12(9)22-6-4-10(5-7-22)13(17)18/h8,10,13H,4-7H2,1-3H3. The van der Waals surface area contributed by atoms with E-state index in [1.807, 2.05) is 11.8 Å². The largest absolute Gasteiger partial charge is 0.370 e. The van der Waals surface area contributed by atoms with E-state index in [-0.39, 0.29) is 0 Å². The number of rotatable bonds is 2. The van der Waals surface area contributed by atoms with E-state index in [1.54, 1.807) is 13.2 Å². The quantitative estimate of drug-likeness (QED) is 0.831. The summed E-state index contributed by atoms with van der Waals surface area (Å²) in [5.74, 6) is -0.596. The van der Waals surface area contributed by atoms with Gasteiger partial charge in [0.1, 0.15) is 5.39 Å². The summed E-state index contributed by atoms with van der Waals surface area (Å²) >= 11 is 0. The van der Waals surface area contributed by atoms with Gasteiger partial charge in [-0.3, -0.25) is 13.9 Å². The lowest BCUT2D eigenvalue weighted by atomic mass is 9.96. The van der Waals surface area contributed by atoms with Gasteiger partial charge >= 0.3 is 5.69 Å². The first-order valence-corrected chi connectivity index (χ1v) is 7.91. The first-order valence-electron chi connectivity index (χ1n) is 7.91. The molecule has 24 heavy (non-hydrogen) atoms. The highest BCUT2D eigenvalue weighted by Crippen LogP contribution is 2.31. The SMILES string of the molecule is Cc1cnc2c(c1N1CCC(C(F)F)CC1)c(=O)n(C)c(=O)n2C. The van der Waals surface area contributed by atoms with E-state index < -0.39 is 23.6 Å². The van der Waals surface area contributed by atoms with Crippen molar-refractivity contribution in [1.29, 1.82) is 0 Å². The molecule has 0 amide bonds. The molecular weight excluding hydrogens is 318 g/mol. The zero-order valence-corrected chi connectivity index (χ0v) is 13.9. The molecule has 1 saturated heterocycles. The van der Waals surface area contributed by atoms with Crippen molar-refractivity contribution in [3.63, 3.8) is 0 Å². The van der Waals surface area contributed by atoms with E-state index in [4.69, 9.17) is 0 Å². The third-order valence-electron chi connectivity index (χ3n) is 4.84. The second-order valence-corrected chi connectivity index (χ2v) is 6.35. The number of aromatic nitrogens is 3. The van der Waals surface area contributed by atoms with Crippen molar-refractivity contribution in [3.05, 3.63) is 32.6 Å². The van der Waals surface area contributed by atoms with Crippen LogP contribution in [0.5, 0.6) is 0 Å². The number of aryl methyl sites for hydroxylation is 2. The monoisotopic (exact) mass is 338 g/mol. The Morgan fingerprint density at radius 1 is 1.17 bits per heavy atom. The highest BCUT2D eigenvalue weighted by Gasteiger charge is 2.28. The fourth-order valence-corrected chi connectivity index (χ4v) is 3.39. The van der Waals surface area contributed by atoms with Crippen LogP contribution in [0.4, 0.5) is 14.5 Å². The third-order valence-corrected chi connectivity index (χ3v) is 4.84. The summed E-state index contributed by atoms with van der Waals surface area (Å²) in [5, 5.41) is 0.370.